The lowest BCUT2D eigenvalue weighted by Crippen LogP contribution is -2.38. The molecule has 1 aromatic heterocycles. The van der Waals surface area contributed by atoms with Crippen molar-refractivity contribution in [2.45, 2.75) is 40.3 Å². The Balaban J connectivity index is 2.06. The highest BCUT2D eigenvalue weighted by molar-refractivity contribution is 5.92. The van der Waals surface area contributed by atoms with E-state index < -0.39 is 6.67 Å². The Morgan fingerprint density at radius 2 is 2.36 bits per heavy atom. The highest BCUT2D eigenvalue weighted by Gasteiger charge is 2.26. The molecule has 6 heteroatoms. The number of oxazole rings is 1. The van der Waals surface area contributed by atoms with E-state index in [4.69, 9.17) is 4.42 Å². The lowest BCUT2D eigenvalue weighted by molar-refractivity contribution is 0.0728. The van der Waals surface area contributed by atoms with E-state index in [1.165, 1.54) is 5.57 Å². The van der Waals surface area contributed by atoms with Crippen LogP contribution in [-0.4, -0.2) is 28.9 Å². The van der Waals surface area contributed by atoms with E-state index in [1.54, 1.807) is 4.90 Å². The molecule has 0 atom stereocenters. The van der Waals surface area contributed by atoms with Crippen LogP contribution in [0.2, 0.25) is 0 Å². The predicted octanol–water partition coefficient (Wildman–Crippen LogP) is 3.17. The summed E-state index contributed by atoms with van der Waals surface area (Å²) in [6.45, 7) is 6.46. The summed E-state index contributed by atoms with van der Waals surface area (Å²) in [5.74, 6) is -0.294. The lowest BCUT2D eigenvalue weighted by atomic mass is 10.1. The summed E-state index contributed by atoms with van der Waals surface area (Å²) in [5, 5.41) is 3.32. The van der Waals surface area contributed by atoms with Crippen LogP contribution < -0.4 is 5.32 Å². The molecule has 1 N–H and O–H groups in total. The zero-order valence-electron chi connectivity index (χ0n) is 13.3. The highest BCUT2D eigenvalue weighted by atomic mass is 19.1. The maximum Gasteiger partial charge on any atom is 0.291 e. The zero-order chi connectivity index (χ0) is 16.1. The molecule has 0 aliphatic carbocycles. The Morgan fingerprint density at radius 1 is 1.59 bits per heavy atom. The van der Waals surface area contributed by atoms with Crippen LogP contribution in [0.3, 0.4) is 0 Å². The molecule has 2 heterocycles. The van der Waals surface area contributed by atoms with Gasteiger partial charge in [0.1, 0.15) is 12.4 Å². The van der Waals surface area contributed by atoms with Gasteiger partial charge in [0.15, 0.2) is 6.39 Å². The van der Waals surface area contributed by atoms with Crippen molar-refractivity contribution in [2.75, 3.05) is 13.1 Å². The molecule has 0 saturated heterocycles. The summed E-state index contributed by atoms with van der Waals surface area (Å²) < 4.78 is 17.8. The summed E-state index contributed by atoms with van der Waals surface area (Å²) in [5.41, 5.74) is 3.58. The number of nitrogens with zero attached hydrogens (tertiary/aromatic N) is 2. The van der Waals surface area contributed by atoms with E-state index in [9.17, 15) is 9.18 Å². The normalized spacial score (nSPS) is 16.2. The molecule has 0 unspecified atom stereocenters. The van der Waals surface area contributed by atoms with E-state index >= 15 is 0 Å². The van der Waals surface area contributed by atoms with Gasteiger partial charge in [0, 0.05) is 25.2 Å². The fourth-order valence-electron chi connectivity index (χ4n) is 2.28. The third kappa shape index (κ3) is 3.55. The van der Waals surface area contributed by atoms with Crippen molar-refractivity contribution in [1.29, 1.82) is 0 Å². The Morgan fingerprint density at radius 3 is 3.00 bits per heavy atom. The molecule has 0 radical (unpaired) electrons. The number of aromatic nitrogens is 1. The number of carbonyl (C=O) groups is 1. The molecule has 2 rings (SSSR count). The molecule has 120 valence electrons. The quantitative estimate of drug-likeness (QED) is 0.907. The molecule has 1 aliphatic rings. The van der Waals surface area contributed by atoms with Crippen LogP contribution in [0.25, 0.3) is 0 Å². The van der Waals surface area contributed by atoms with E-state index in [2.05, 4.69) is 24.1 Å². The minimum Gasteiger partial charge on any atom is -0.438 e. The number of allylic oxidation sites excluding steroid dienone is 1. The maximum absolute atomic E-state index is 12.8. The van der Waals surface area contributed by atoms with E-state index in [1.807, 2.05) is 13.1 Å². The smallest absolute Gasteiger partial charge is 0.291 e. The molecular weight excluding hydrogens is 285 g/mol. The van der Waals surface area contributed by atoms with Crippen molar-refractivity contribution in [3.8, 4) is 0 Å². The summed E-state index contributed by atoms with van der Waals surface area (Å²) in [4.78, 5) is 17.8. The first-order valence-electron chi connectivity index (χ1n) is 7.45. The van der Waals surface area contributed by atoms with Gasteiger partial charge in [-0.3, -0.25) is 4.79 Å². The largest absolute Gasteiger partial charge is 0.438 e. The van der Waals surface area contributed by atoms with E-state index in [0.29, 0.717) is 13.1 Å². The van der Waals surface area contributed by atoms with Gasteiger partial charge in [0.05, 0.1) is 0 Å². The molecular formula is C16H22FN3O2. The van der Waals surface area contributed by atoms with Crippen molar-refractivity contribution in [3.05, 3.63) is 40.9 Å². The molecule has 1 aliphatic heterocycles. The lowest BCUT2D eigenvalue weighted by Gasteiger charge is -2.29. The highest BCUT2D eigenvalue weighted by Crippen LogP contribution is 2.19. The van der Waals surface area contributed by atoms with Crippen LogP contribution in [0.15, 0.2) is 33.9 Å². The Bertz CT molecular complexity index is 604. The van der Waals surface area contributed by atoms with Crippen molar-refractivity contribution in [1.82, 2.24) is 15.2 Å². The van der Waals surface area contributed by atoms with Crippen LogP contribution in [-0.2, 0) is 6.67 Å². The average Bonchev–Trinajstić information content (AvgIpc) is 3.01. The Hall–Kier alpha value is -2.11. The van der Waals surface area contributed by atoms with E-state index in [0.717, 1.165) is 30.5 Å². The minimum absolute atomic E-state index is 0.00781. The van der Waals surface area contributed by atoms with Crippen LogP contribution in [0, 0.1) is 0 Å². The molecule has 0 spiro atoms. The molecule has 1 amide bonds. The third-order valence-corrected chi connectivity index (χ3v) is 3.87. The second-order valence-corrected chi connectivity index (χ2v) is 5.49. The van der Waals surface area contributed by atoms with Gasteiger partial charge in [-0.25, -0.2) is 9.37 Å². The van der Waals surface area contributed by atoms with Crippen molar-refractivity contribution < 1.29 is 13.6 Å². The summed E-state index contributed by atoms with van der Waals surface area (Å²) >= 11 is 0. The van der Waals surface area contributed by atoms with Gasteiger partial charge in [-0.2, -0.15) is 0 Å². The van der Waals surface area contributed by atoms with Gasteiger partial charge in [-0.1, -0.05) is 12.5 Å². The fraction of sp³-hybridized carbons (Fsp3) is 0.500. The first-order chi connectivity index (χ1) is 10.6. The van der Waals surface area contributed by atoms with Gasteiger partial charge in [0.2, 0.25) is 5.76 Å². The number of alkyl halides is 1. The first kappa shape index (κ1) is 16.3. The molecule has 5 nitrogen and oxygen atoms in total. The van der Waals surface area contributed by atoms with Crippen LogP contribution >= 0.6 is 0 Å². The third-order valence-electron chi connectivity index (χ3n) is 3.87. The topological polar surface area (TPSA) is 58.4 Å². The number of halogens is 1. The van der Waals surface area contributed by atoms with Crippen molar-refractivity contribution >= 4 is 5.91 Å². The minimum atomic E-state index is -0.797. The van der Waals surface area contributed by atoms with Gasteiger partial charge < -0.3 is 14.6 Å². The molecule has 1 aromatic rings. The number of nitrogens with one attached hydrogen (secondary N) is 1. The zero-order valence-corrected chi connectivity index (χ0v) is 13.3. The van der Waals surface area contributed by atoms with Gasteiger partial charge in [0.25, 0.3) is 5.91 Å². The molecule has 0 aromatic carbocycles. The molecule has 0 fully saturated rings. The summed E-state index contributed by atoms with van der Waals surface area (Å²) in [6.07, 6.45) is 4.86. The summed E-state index contributed by atoms with van der Waals surface area (Å²) in [7, 11) is 0. The maximum atomic E-state index is 12.8. The number of rotatable bonds is 5. The average molecular weight is 307 g/mol. The van der Waals surface area contributed by atoms with Crippen LogP contribution in [0.4, 0.5) is 4.39 Å². The molecule has 22 heavy (non-hydrogen) atoms. The summed E-state index contributed by atoms with van der Waals surface area (Å²) in [6, 6.07) is 0. The SMILES string of the molecule is CCC(C)=CNC1=C(C)CN(C(=O)c2ocnc2CF)CC1. The van der Waals surface area contributed by atoms with Crippen LogP contribution in [0.1, 0.15) is 49.9 Å². The fourth-order valence-corrected chi connectivity index (χ4v) is 2.28. The number of hydrogen-bond acceptors (Lipinski definition) is 4. The first-order valence-corrected chi connectivity index (χ1v) is 7.45. The molecule has 0 bridgehead atoms. The molecule has 0 saturated carbocycles. The number of amides is 1. The van der Waals surface area contributed by atoms with Crippen molar-refractivity contribution in [3.63, 3.8) is 0 Å². The Kier molecular flexibility index (Phi) is 5.35. The Labute approximate surface area is 129 Å². The van der Waals surface area contributed by atoms with Gasteiger partial charge in [-0.05, 0) is 32.0 Å². The number of carbonyl (C=O) groups excluding carboxylic acids is 1. The monoisotopic (exact) mass is 307 g/mol. The van der Waals surface area contributed by atoms with E-state index in [-0.39, 0.29) is 17.4 Å². The second-order valence-electron chi connectivity index (χ2n) is 5.49. The predicted molar refractivity (Wildman–Crippen MR) is 81.7 cm³/mol. The second kappa shape index (κ2) is 7.24. The standard InChI is InChI=1S/C16H22FN3O2/c1-4-11(2)8-18-13-5-6-20(9-12(13)3)16(21)15-14(7-17)19-10-22-15/h8,10,18H,4-7,9H2,1-3H3. The van der Waals surface area contributed by atoms with Crippen LogP contribution in [0.5, 0.6) is 0 Å². The van der Waals surface area contributed by atoms with Gasteiger partial charge >= 0.3 is 0 Å². The van der Waals surface area contributed by atoms with Gasteiger partial charge in [-0.15, -0.1) is 0 Å². The number of hydrogen-bond donors (Lipinski definition) is 1. The van der Waals surface area contributed by atoms with Crippen molar-refractivity contribution in [2.24, 2.45) is 0 Å².